The summed E-state index contributed by atoms with van der Waals surface area (Å²) in [5.74, 6) is -1.06. The zero-order valence-electron chi connectivity index (χ0n) is 15.6. The summed E-state index contributed by atoms with van der Waals surface area (Å²) in [5, 5.41) is 9.20. The van der Waals surface area contributed by atoms with Crippen molar-refractivity contribution in [2.24, 2.45) is 23.2 Å². The lowest BCUT2D eigenvalue weighted by atomic mass is 9.86. The van der Waals surface area contributed by atoms with Gasteiger partial charge in [-0.1, -0.05) is 6.92 Å². The van der Waals surface area contributed by atoms with E-state index in [0.717, 1.165) is 0 Å². The van der Waals surface area contributed by atoms with E-state index in [2.05, 4.69) is 6.07 Å². The molecule has 2 aliphatic carbocycles. The van der Waals surface area contributed by atoms with Crippen LogP contribution in [0.4, 0.5) is 4.79 Å². The van der Waals surface area contributed by atoms with Crippen LogP contribution >= 0.6 is 0 Å². The Hall–Kier alpha value is -1.70. The first-order valence-electron chi connectivity index (χ1n) is 8.87. The highest BCUT2D eigenvalue weighted by molar-refractivity contribution is 7.74. The smallest absolute Gasteiger partial charge is 0.462 e. The number of esters is 1. The highest BCUT2D eigenvalue weighted by atomic mass is 32.2. The van der Waals surface area contributed by atoms with Gasteiger partial charge in [0, 0.05) is 5.92 Å². The van der Waals surface area contributed by atoms with Crippen LogP contribution in [0.3, 0.4) is 0 Å². The first-order valence-corrected chi connectivity index (χ1v) is 9.91. The predicted octanol–water partition coefficient (Wildman–Crippen LogP) is 2.19. The fourth-order valence-electron chi connectivity index (χ4n) is 3.53. The van der Waals surface area contributed by atoms with E-state index in [1.165, 1.54) is 0 Å². The summed E-state index contributed by atoms with van der Waals surface area (Å²) in [6.07, 6.45) is -0.817. The minimum Gasteiger partial charge on any atom is -0.462 e. The van der Waals surface area contributed by atoms with Gasteiger partial charge in [-0.15, -0.1) is 0 Å². The number of rotatable bonds is 8. The summed E-state index contributed by atoms with van der Waals surface area (Å²) < 4.78 is 40.2. The third-order valence-electron chi connectivity index (χ3n) is 5.42. The predicted molar refractivity (Wildman–Crippen MR) is 92.2 cm³/mol. The van der Waals surface area contributed by atoms with Crippen LogP contribution in [0.5, 0.6) is 0 Å². The number of carbonyl (C=O) groups excluding carboxylic acids is 2. The lowest BCUT2D eigenvalue weighted by Crippen LogP contribution is -2.42. The van der Waals surface area contributed by atoms with Gasteiger partial charge in [-0.25, -0.2) is 4.79 Å². The minimum atomic E-state index is -2.50. The number of ether oxygens (including phenoxy) is 3. The number of nitriles is 1. The second kappa shape index (κ2) is 8.99. The normalized spacial score (nSPS) is 30.4. The van der Waals surface area contributed by atoms with Gasteiger partial charge in [0.1, 0.15) is 25.4 Å². The molecule has 0 heterocycles. The quantitative estimate of drug-likeness (QED) is 0.368. The fraction of sp³-hybridized carbons (Fsp3) is 0.824. The Bertz CT molecular complexity index is 631. The summed E-state index contributed by atoms with van der Waals surface area (Å²) in [7, 11) is 0. The molecule has 1 N–H and O–H groups in total. The summed E-state index contributed by atoms with van der Waals surface area (Å²) in [6.45, 7) is 5.11. The average Bonchev–Trinajstić information content (AvgIpc) is 3.17. The molecule has 6 atom stereocenters. The van der Waals surface area contributed by atoms with Crippen LogP contribution in [0, 0.1) is 34.5 Å². The highest BCUT2D eigenvalue weighted by Gasteiger charge is 2.56. The van der Waals surface area contributed by atoms with Crippen LogP contribution in [0.2, 0.25) is 0 Å². The van der Waals surface area contributed by atoms with Gasteiger partial charge < -0.3 is 14.2 Å². The Balaban J connectivity index is 1.82. The molecule has 6 unspecified atom stereocenters. The van der Waals surface area contributed by atoms with Crippen LogP contribution in [-0.2, 0) is 34.5 Å². The lowest BCUT2D eigenvalue weighted by molar-refractivity contribution is -0.155. The molecule has 152 valence electrons. The molecule has 2 bridgehead atoms. The molecule has 0 saturated heterocycles. The van der Waals surface area contributed by atoms with Crippen molar-refractivity contribution in [1.29, 1.82) is 5.26 Å². The van der Waals surface area contributed by atoms with Gasteiger partial charge in [-0.2, -0.15) is 9.47 Å². The Morgan fingerprint density at radius 1 is 1.22 bits per heavy atom. The van der Waals surface area contributed by atoms with E-state index >= 15 is 0 Å². The van der Waals surface area contributed by atoms with Crippen molar-refractivity contribution in [3.8, 4) is 6.07 Å². The zero-order valence-corrected chi connectivity index (χ0v) is 16.4. The van der Waals surface area contributed by atoms with Crippen molar-refractivity contribution < 1.29 is 36.7 Å². The molecular formula is C17H25NO8S. The molecule has 0 amide bonds. The van der Waals surface area contributed by atoms with Gasteiger partial charge in [0.25, 0.3) is 0 Å². The molecule has 9 nitrogen and oxygen atoms in total. The van der Waals surface area contributed by atoms with E-state index in [0.29, 0.717) is 19.3 Å². The van der Waals surface area contributed by atoms with Gasteiger partial charge in [-0.05, 0) is 39.0 Å². The topological polar surface area (TPSA) is 132 Å². The fourth-order valence-corrected chi connectivity index (χ4v) is 3.99. The maximum atomic E-state index is 11.9. The van der Waals surface area contributed by atoms with Crippen molar-refractivity contribution in [1.82, 2.24) is 0 Å². The third kappa shape index (κ3) is 5.18. The van der Waals surface area contributed by atoms with Crippen molar-refractivity contribution >= 4 is 23.5 Å². The van der Waals surface area contributed by atoms with Gasteiger partial charge in [-0.3, -0.25) is 13.5 Å². The van der Waals surface area contributed by atoms with Gasteiger partial charge >= 0.3 is 23.5 Å². The maximum absolute atomic E-state index is 11.9. The van der Waals surface area contributed by atoms with Crippen LogP contribution in [-0.4, -0.2) is 46.3 Å². The first-order chi connectivity index (χ1) is 12.7. The largest absolute Gasteiger partial charge is 0.508 e. The van der Waals surface area contributed by atoms with Crippen LogP contribution < -0.4 is 0 Å². The molecule has 27 heavy (non-hydrogen) atoms. The summed E-state index contributed by atoms with van der Waals surface area (Å²) in [4.78, 5) is 23.8. The SMILES string of the molecule is CCC(C)(C)C(=O)OCCOC(=O)OC1C2CC(CC2C#N)C1OS(=O)O. The van der Waals surface area contributed by atoms with Crippen molar-refractivity contribution in [2.75, 3.05) is 13.2 Å². The van der Waals surface area contributed by atoms with Gasteiger partial charge in [0.15, 0.2) is 0 Å². The molecule has 2 rings (SSSR count). The number of hydrogen-bond donors (Lipinski definition) is 1. The molecule has 10 heteroatoms. The van der Waals surface area contributed by atoms with Gasteiger partial charge in [0.05, 0.1) is 17.4 Å². The minimum absolute atomic E-state index is 0.102. The summed E-state index contributed by atoms with van der Waals surface area (Å²) in [5.41, 5.74) is -0.611. The standard InChI is InChI=1S/C17H25NO8S/c1-4-17(2,3)15(19)23-5-6-24-16(20)25-14-12-8-10(7-11(12)9-18)13(14)26-27(21)22/h10-14H,4-8H2,1-3H3,(H,21,22). The van der Waals surface area contributed by atoms with Crippen molar-refractivity contribution in [2.45, 2.75) is 52.2 Å². The molecule has 2 saturated carbocycles. The molecule has 2 aliphatic rings. The Kier molecular flexibility index (Phi) is 7.19. The molecule has 0 aliphatic heterocycles. The molecule has 2 fully saturated rings. The zero-order chi connectivity index (χ0) is 20.2. The second-order valence-electron chi connectivity index (χ2n) is 7.46. The van der Waals surface area contributed by atoms with E-state index in [9.17, 15) is 19.1 Å². The van der Waals surface area contributed by atoms with Crippen LogP contribution in [0.15, 0.2) is 0 Å². The van der Waals surface area contributed by atoms with Crippen LogP contribution in [0.1, 0.15) is 40.0 Å². The average molecular weight is 403 g/mol. The first kappa shape index (κ1) is 21.6. The molecule has 0 aromatic carbocycles. The van der Waals surface area contributed by atoms with E-state index < -0.39 is 35.1 Å². The number of nitrogens with zero attached hydrogens (tertiary/aromatic N) is 1. The highest BCUT2D eigenvalue weighted by Crippen LogP contribution is 2.51. The third-order valence-corrected chi connectivity index (χ3v) is 5.81. The van der Waals surface area contributed by atoms with Crippen LogP contribution in [0.25, 0.3) is 0 Å². The molecular weight excluding hydrogens is 378 g/mol. The van der Waals surface area contributed by atoms with E-state index in [-0.39, 0.29) is 36.9 Å². The molecule has 0 spiro atoms. The molecule has 0 aromatic rings. The lowest BCUT2D eigenvalue weighted by Gasteiger charge is -2.30. The number of carbonyl (C=O) groups is 2. The van der Waals surface area contributed by atoms with Crippen molar-refractivity contribution in [3.63, 3.8) is 0 Å². The van der Waals surface area contributed by atoms with E-state index in [1.807, 2.05) is 6.92 Å². The summed E-state index contributed by atoms with van der Waals surface area (Å²) >= 11 is -2.50. The van der Waals surface area contributed by atoms with E-state index in [1.54, 1.807) is 13.8 Å². The Morgan fingerprint density at radius 3 is 2.48 bits per heavy atom. The van der Waals surface area contributed by atoms with Gasteiger partial charge in [0.2, 0.25) is 0 Å². The second-order valence-corrected chi connectivity index (χ2v) is 8.09. The number of fused-ring (bicyclic) bond motifs is 2. The Labute approximate surface area is 160 Å². The molecule has 0 aromatic heterocycles. The van der Waals surface area contributed by atoms with Crippen molar-refractivity contribution in [3.05, 3.63) is 0 Å². The molecule has 0 radical (unpaired) electrons. The number of hydrogen-bond acceptors (Lipinski definition) is 8. The maximum Gasteiger partial charge on any atom is 0.508 e. The summed E-state index contributed by atoms with van der Waals surface area (Å²) in [6, 6.07) is 2.17. The Morgan fingerprint density at radius 2 is 1.89 bits per heavy atom. The monoisotopic (exact) mass is 403 g/mol. The van der Waals surface area contributed by atoms with E-state index in [4.69, 9.17) is 22.9 Å².